The Balaban J connectivity index is 1.46. The van der Waals surface area contributed by atoms with Crippen molar-refractivity contribution in [3.05, 3.63) is 86.3 Å². The van der Waals surface area contributed by atoms with Crippen LogP contribution in [0.4, 0.5) is 0 Å². The molecule has 0 unspecified atom stereocenters. The Bertz CT molecular complexity index is 1410. The van der Waals surface area contributed by atoms with E-state index in [-0.39, 0.29) is 17.8 Å². The Hall–Kier alpha value is -2.58. The number of pyridine rings is 1. The average Bonchev–Trinajstić information content (AvgIpc) is 3.23. The van der Waals surface area contributed by atoms with Gasteiger partial charge in [-0.1, -0.05) is 30.7 Å². The molecule has 0 radical (unpaired) electrons. The van der Waals surface area contributed by atoms with Gasteiger partial charge in [0.25, 0.3) is 0 Å². The number of rotatable bonds is 9. The van der Waals surface area contributed by atoms with Crippen LogP contribution in [0.5, 0.6) is 0 Å². The van der Waals surface area contributed by atoms with E-state index in [1.807, 2.05) is 36.2 Å². The number of aromatic nitrogens is 1. The normalized spacial score (nSPS) is 14.6. The van der Waals surface area contributed by atoms with Crippen LogP contribution in [-0.4, -0.2) is 47.3 Å². The number of halogens is 1. The fourth-order valence-corrected chi connectivity index (χ4v) is 5.55. The second-order valence-corrected chi connectivity index (χ2v) is 10.9. The highest BCUT2D eigenvalue weighted by Gasteiger charge is 2.19. The van der Waals surface area contributed by atoms with Crippen LogP contribution >= 0.6 is 23.4 Å². The number of thioether (sulfide) groups is 1. The van der Waals surface area contributed by atoms with Gasteiger partial charge >= 0.3 is 0 Å². The molecule has 1 N–H and O–H groups in total. The van der Waals surface area contributed by atoms with Gasteiger partial charge in [0, 0.05) is 65.2 Å². The van der Waals surface area contributed by atoms with Crippen molar-refractivity contribution in [1.82, 2.24) is 14.6 Å². The van der Waals surface area contributed by atoms with E-state index in [0.717, 1.165) is 72.1 Å². The third-order valence-corrected chi connectivity index (χ3v) is 7.77. The third-order valence-electron chi connectivity index (χ3n) is 6.61. The van der Waals surface area contributed by atoms with Crippen LogP contribution in [0.3, 0.4) is 0 Å². The zero-order chi connectivity index (χ0) is 25.1. The number of morpholine rings is 1. The van der Waals surface area contributed by atoms with Crippen molar-refractivity contribution in [2.24, 2.45) is 0 Å². The molecule has 36 heavy (non-hydrogen) atoms. The maximum absolute atomic E-state index is 13.6. The second kappa shape index (κ2) is 11.2. The lowest BCUT2D eigenvalue weighted by molar-refractivity contribution is -0.120. The lowest BCUT2D eigenvalue weighted by atomic mass is 10.0. The Kier molecular flexibility index (Phi) is 7.82. The summed E-state index contributed by atoms with van der Waals surface area (Å²) in [6, 6.07) is 13.8. The summed E-state index contributed by atoms with van der Waals surface area (Å²) in [5.41, 5.74) is 4.62. The molecule has 1 aliphatic heterocycles. The largest absolute Gasteiger partial charge is 0.379 e. The summed E-state index contributed by atoms with van der Waals surface area (Å²) >= 11 is 7.80. The number of nitrogens with one attached hydrogen (secondary N) is 1. The standard InChI is InChI=1S/C28H30ClN3O3S/c1-2-36-18-24-13-21-11-20(16-31-7-9-35-10-8-31)12-25-27(21)32(24)17-22(28(25)34)14-26(33)30-15-19-3-5-23(29)6-4-19/h3-6,11-13,17H,2,7-10,14-16,18H2,1H3,(H,30,33). The predicted octanol–water partition coefficient (Wildman–Crippen LogP) is 4.49. The molecule has 0 spiro atoms. The molecule has 8 heteroatoms. The Morgan fingerprint density at radius 2 is 1.89 bits per heavy atom. The molecule has 1 aliphatic rings. The predicted molar refractivity (Wildman–Crippen MR) is 147 cm³/mol. The van der Waals surface area contributed by atoms with Gasteiger partial charge in [-0.05, 0) is 47.2 Å². The monoisotopic (exact) mass is 523 g/mol. The summed E-state index contributed by atoms with van der Waals surface area (Å²) in [5, 5.41) is 5.36. The van der Waals surface area contributed by atoms with Gasteiger partial charge in [0.2, 0.25) is 5.91 Å². The number of carbonyl (C=O) groups is 1. The van der Waals surface area contributed by atoms with E-state index in [9.17, 15) is 9.59 Å². The maximum atomic E-state index is 13.6. The quantitative estimate of drug-likeness (QED) is 0.350. The van der Waals surface area contributed by atoms with E-state index in [2.05, 4.69) is 33.7 Å². The van der Waals surface area contributed by atoms with Crippen LogP contribution < -0.4 is 10.7 Å². The van der Waals surface area contributed by atoms with Gasteiger partial charge in [0.15, 0.2) is 5.43 Å². The first-order valence-corrected chi connectivity index (χ1v) is 13.9. The summed E-state index contributed by atoms with van der Waals surface area (Å²) in [5.74, 6) is 1.69. The molecule has 4 aromatic rings. The van der Waals surface area contributed by atoms with E-state index in [4.69, 9.17) is 16.3 Å². The first-order valence-electron chi connectivity index (χ1n) is 12.3. The van der Waals surface area contributed by atoms with Crippen LogP contribution in [0, 0.1) is 0 Å². The highest BCUT2D eigenvalue weighted by atomic mass is 35.5. The van der Waals surface area contributed by atoms with E-state index in [1.54, 1.807) is 12.1 Å². The van der Waals surface area contributed by atoms with Crippen LogP contribution in [-0.2, 0) is 34.8 Å². The van der Waals surface area contributed by atoms with E-state index in [1.165, 1.54) is 0 Å². The molecule has 0 saturated carbocycles. The molecule has 1 amide bonds. The Labute approximate surface area is 219 Å². The minimum atomic E-state index is -0.176. The molecular weight excluding hydrogens is 494 g/mol. The molecule has 0 bridgehead atoms. The SMILES string of the molecule is CCSCc1cc2cc(CN3CCOCC3)cc3c(=O)c(CC(=O)NCc4ccc(Cl)cc4)cn1c23. The smallest absolute Gasteiger partial charge is 0.224 e. The van der Waals surface area contributed by atoms with Gasteiger partial charge in [0.1, 0.15) is 0 Å². The lowest BCUT2D eigenvalue weighted by Gasteiger charge is -2.26. The molecule has 5 rings (SSSR count). The molecule has 1 fully saturated rings. The molecule has 188 valence electrons. The van der Waals surface area contributed by atoms with Crippen molar-refractivity contribution in [2.45, 2.75) is 32.2 Å². The molecule has 2 aromatic carbocycles. The van der Waals surface area contributed by atoms with Gasteiger partial charge < -0.3 is 14.5 Å². The van der Waals surface area contributed by atoms with Crippen LogP contribution in [0.25, 0.3) is 16.3 Å². The molecule has 3 heterocycles. The van der Waals surface area contributed by atoms with E-state index in [0.29, 0.717) is 22.5 Å². The zero-order valence-corrected chi connectivity index (χ0v) is 22.0. The van der Waals surface area contributed by atoms with Gasteiger partial charge in [-0.3, -0.25) is 14.5 Å². The third kappa shape index (κ3) is 5.54. The van der Waals surface area contributed by atoms with Crippen LogP contribution in [0.2, 0.25) is 5.02 Å². The molecule has 0 aliphatic carbocycles. The van der Waals surface area contributed by atoms with Crippen molar-refractivity contribution in [2.75, 3.05) is 32.1 Å². The van der Waals surface area contributed by atoms with Crippen molar-refractivity contribution in [3.63, 3.8) is 0 Å². The highest BCUT2D eigenvalue weighted by Crippen LogP contribution is 2.28. The zero-order valence-electron chi connectivity index (χ0n) is 20.4. The summed E-state index contributed by atoms with van der Waals surface area (Å²) < 4.78 is 7.61. The Morgan fingerprint density at radius 1 is 1.11 bits per heavy atom. The molecule has 6 nitrogen and oxygen atoms in total. The second-order valence-electron chi connectivity index (χ2n) is 9.18. The maximum Gasteiger partial charge on any atom is 0.224 e. The average molecular weight is 524 g/mol. The molecule has 2 aromatic heterocycles. The number of hydrogen-bond donors (Lipinski definition) is 1. The number of nitrogens with zero attached hydrogens (tertiary/aromatic N) is 2. The first-order chi connectivity index (χ1) is 17.5. The summed E-state index contributed by atoms with van der Waals surface area (Å²) in [7, 11) is 0. The van der Waals surface area contributed by atoms with E-state index < -0.39 is 0 Å². The number of hydrogen-bond acceptors (Lipinski definition) is 5. The minimum absolute atomic E-state index is 0.0413. The van der Waals surface area contributed by atoms with Crippen molar-refractivity contribution < 1.29 is 9.53 Å². The number of ether oxygens (including phenoxy) is 1. The summed E-state index contributed by atoms with van der Waals surface area (Å²) in [6.07, 6.45) is 1.91. The molecule has 0 atom stereocenters. The Morgan fingerprint density at radius 3 is 2.64 bits per heavy atom. The fraction of sp³-hybridized carbons (Fsp3) is 0.357. The number of carbonyl (C=O) groups excluding carboxylic acids is 1. The topological polar surface area (TPSA) is 63.0 Å². The first kappa shape index (κ1) is 25.1. The van der Waals surface area contributed by atoms with Gasteiger partial charge in [-0.2, -0.15) is 11.8 Å². The van der Waals surface area contributed by atoms with Crippen LogP contribution in [0.1, 0.15) is 29.3 Å². The lowest BCUT2D eigenvalue weighted by Crippen LogP contribution is -2.35. The van der Waals surface area contributed by atoms with Crippen molar-refractivity contribution >= 4 is 45.6 Å². The molecular formula is C28H30ClN3O3S. The van der Waals surface area contributed by atoms with Gasteiger partial charge in [0.05, 0.1) is 25.2 Å². The summed E-state index contributed by atoms with van der Waals surface area (Å²) in [6.45, 7) is 6.57. The van der Waals surface area contributed by atoms with Gasteiger partial charge in [-0.25, -0.2) is 0 Å². The highest BCUT2D eigenvalue weighted by molar-refractivity contribution is 7.98. The van der Waals surface area contributed by atoms with Crippen molar-refractivity contribution in [3.8, 4) is 0 Å². The van der Waals surface area contributed by atoms with Crippen LogP contribution in [0.15, 0.2) is 53.5 Å². The number of amides is 1. The molecule has 1 saturated heterocycles. The fourth-order valence-electron chi connectivity index (χ4n) is 4.79. The van der Waals surface area contributed by atoms with Gasteiger partial charge in [-0.15, -0.1) is 0 Å². The minimum Gasteiger partial charge on any atom is -0.379 e. The van der Waals surface area contributed by atoms with Crippen molar-refractivity contribution in [1.29, 1.82) is 0 Å². The number of benzene rings is 2. The summed E-state index contributed by atoms with van der Waals surface area (Å²) in [4.78, 5) is 28.8. The van der Waals surface area contributed by atoms with E-state index >= 15 is 0 Å².